The third kappa shape index (κ3) is 5.74. The fraction of sp³-hybridized carbons (Fsp3) is 0.280. The molecule has 0 aliphatic carbocycles. The van der Waals surface area contributed by atoms with Gasteiger partial charge in [0, 0.05) is 12.1 Å². The summed E-state index contributed by atoms with van der Waals surface area (Å²) in [6, 6.07) is 16.5. The Kier molecular flexibility index (Phi) is 7.65. The highest BCUT2D eigenvalue weighted by molar-refractivity contribution is 7.12. The molecule has 1 aliphatic heterocycles. The smallest absolute Gasteiger partial charge is 0.265 e. The van der Waals surface area contributed by atoms with Gasteiger partial charge in [-0.1, -0.05) is 29.8 Å². The van der Waals surface area contributed by atoms with E-state index in [-0.39, 0.29) is 17.9 Å². The van der Waals surface area contributed by atoms with Crippen LogP contribution in [0.25, 0.3) is 0 Å². The van der Waals surface area contributed by atoms with Gasteiger partial charge < -0.3 is 15.4 Å². The average molecular weight is 484 g/mol. The molecule has 172 valence electrons. The number of ether oxygens (including phenoxy) is 1. The van der Waals surface area contributed by atoms with E-state index in [0.717, 1.165) is 37.2 Å². The van der Waals surface area contributed by atoms with Crippen molar-refractivity contribution in [1.29, 1.82) is 0 Å². The summed E-state index contributed by atoms with van der Waals surface area (Å²) in [6.07, 6.45) is 2.30. The molecule has 8 heteroatoms. The monoisotopic (exact) mass is 483 g/mol. The van der Waals surface area contributed by atoms with Crippen LogP contribution < -0.4 is 15.4 Å². The van der Waals surface area contributed by atoms with E-state index in [9.17, 15) is 9.59 Å². The second-order valence-electron chi connectivity index (χ2n) is 7.87. The maximum atomic E-state index is 13.0. The van der Waals surface area contributed by atoms with Crippen molar-refractivity contribution >= 4 is 40.4 Å². The zero-order chi connectivity index (χ0) is 23.2. The third-order valence-corrected chi connectivity index (χ3v) is 6.94. The number of nitrogens with zero attached hydrogens (tertiary/aromatic N) is 1. The van der Waals surface area contributed by atoms with Gasteiger partial charge in [0.2, 0.25) is 0 Å². The van der Waals surface area contributed by atoms with Crippen molar-refractivity contribution < 1.29 is 14.3 Å². The van der Waals surface area contributed by atoms with Gasteiger partial charge in [0.05, 0.1) is 28.7 Å². The van der Waals surface area contributed by atoms with Gasteiger partial charge in [-0.05, 0) is 73.3 Å². The van der Waals surface area contributed by atoms with Crippen LogP contribution in [0.2, 0.25) is 5.02 Å². The molecule has 2 N–H and O–H groups in total. The lowest BCUT2D eigenvalue weighted by Gasteiger charge is -2.28. The Balaban J connectivity index is 1.47. The summed E-state index contributed by atoms with van der Waals surface area (Å²) in [7, 11) is 1.65. The van der Waals surface area contributed by atoms with Crippen LogP contribution in [-0.4, -0.2) is 43.5 Å². The molecule has 1 aliphatic rings. The number of rotatable bonds is 8. The summed E-state index contributed by atoms with van der Waals surface area (Å²) in [5.74, 6) is 0.328. The van der Waals surface area contributed by atoms with Crippen LogP contribution in [-0.2, 0) is 0 Å². The van der Waals surface area contributed by atoms with Crippen molar-refractivity contribution in [2.45, 2.75) is 18.9 Å². The topological polar surface area (TPSA) is 70.7 Å². The zero-order valence-corrected chi connectivity index (χ0v) is 19.9. The predicted molar refractivity (Wildman–Crippen MR) is 133 cm³/mol. The van der Waals surface area contributed by atoms with Crippen LogP contribution in [0.5, 0.6) is 5.75 Å². The van der Waals surface area contributed by atoms with Crippen molar-refractivity contribution in [3.8, 4) is 5.75 Å². The Morgan fingerprint density at radius 2 is 1.91 bits per heavy atom. The lowest BCUT2D eigenvalue weighted by atomic mass is 10.0. The number of amides is 2. The average Bonchev–Trinajstić information content (AvgIpc) is 3.55. The SMILES string of the molecule is COc1cccc(C(CNC(=O)c2ccc(Cl)c(NC(=O)c3cccs3)c2)N2CCCC2)c1. The van der Waals surface area contributed by atoms with E-state index in [1.165, 1.54) is 11.3 Å². The largest absolute Gasteiger partial charge is 0.497 e. The first-order chi connectivity index (χ1) is 16.0. The maximum absolute atomic E-state index is 13.0. The quantitative estimate of drug-likeness (QED) is 0.460. The number of benzene rings is 2. The highest BCUT2D eigenvalue weighted by Crippen LogP contribution is 2.28. The lowest BCUT2D eigenvalue weighted by molar-refractivity contribution is 0.0936. The molecule has 1 unspecified atom stereocenters. The number of methoxy groups -OCH3 is 1. The summed E-state index contributed by atoms with van der Waals surface area (Å²) < 4.78 is 5.39. The van der Waals surface area contributed by atoms with Gasteiger partial charge in [0.1, 0.15) is 5.75 Å². The van der Waals surface area contributed by atoms with Gasteiger partial charge in [-0.15, -0.1) is 11.3 Å². The first-order valence-electron chi connectivity index (χ1n) is 10.9. The highest BCUT2D eigenvalue weighted by Gasteiger charge is 2.24. The molecule has 1 atom stereocenters. The Labute approximate surface area is 202 Å². The number of nitrogens with one attached hydrogen (secondary N) is 2. The van der Waals surface area contributed by atoms with Crippen molar-refractivity contribution in [2.24, 2.45) is 0 Å². The number of carbonyl (C=O) groups is 2. The highest BCUT2D eigenvalue weighted by atomic mass is 35.5. The number of hydrogen-bond acceptors (Lipinski definition) is 5. The summed E-state index contributed by atoms with van der Waals surface area (Å²) in [5, 5.41) is 8.07. The normalized spacial score (nSPS) is 14.6. The molecule has 6 nitrogen and oxygen atoms in total. The molecule has 1 aromatic heterocycles. The number of likely N-dealkylation sites (tertiary alicyclic amines) is 1. The van der Waals surface area contributed by atoms with E-state index in [4.69, 9.17) is 16.3 Å². The molecule has 0 bridgehead atoms. The minimum Gasteiger partial charge on any atom is -0.497 e. The van der Waals surface area contributed by atoms with E-state index >= 15 is 0 Å². The van der Waals surface area contributed by atoms with Gasteiger partial charge in [-0.2, -0.15) is 0 Å². The first-order valence-corrected chi connectivity index (χ1v) is 12.1. The fourth-order valence-corrected chi connectivity index (χ4v) is 4.79. The number of thiophene rings is 1. The van der Waals surface area contributed by atoms with Crippen LogP contribution >= 0.6 is 22.9 Å². The number of halogens is 1. The molecule has 2 aromatic carbocycles. The van der Waals surface area contributed by atoms with Crippen LogP contribution in [0.15, 0.2) is 60.0 Å². The lowest BCUT2D eigenvalue weighted by Crippen LogP contribution is -2.36. The third-order valence-electron chi connectivity index (χ3n) is 5.74. The fourth-order valence-electron chi connectivity index (χ4n) is 4.01. The van der Waals surface area contributed by atoms with E-state index in [1.54, 1.807) is 31.4 Å². The number of anilines is 1. The predicted octanol–water partition coefficient (Wildman–Crippen LogP) is 5.23. The number of hydrogen-bond donors (Lipinski definition) is 2. The molecule has 1 fully saturated rings. The summed E-state index contributed by atoms with van der Waals surface area (Å²) >= 11 is 7.61. The zero-order valence-electron chi connectivity index (χ0n) is 18.3. The Bertz CT molecular complexity index is 1110. The van der Waals surface area contributed by atoms with Crippen molar-refractivity contribution in [3.63, 3.8) is 0 Å². The molecule has 4 rings (SSSR count). The van der Waals surface area contributed by atoms with Crippen molar-refractivity contribution in [2.75, 3.05) is 32.1 Å². The van der Waals surface area contributed by atoms with E-state index in [1.807, 2.05) is 29.6 Å². The molecular formula is C25H26ClN3O3S. The van der Waals surface area contributed by atoms with Gasteiger partial charge >= 0.3 is 0 Å². The van der Waals surface area contributed by atoms with Gasteiger partial charge in [0.15, 0.2) is 0 Å². The second-order valence-corrected chi connectivity index (χ2v) is 9.23. The summed E-state index contributed by atoms with van der Waals surface area (Å²) in [6.45, 7) is 2.46. The van der Waals surface area contributed by atoms with Gasteiger partial charge in [0.25, 0.3) is 11.8 Å². The molecule has 33 heavy (non-hydrogen) atoms. The molecular weight excluding hydrogens is 458 g/mol. The Morgan fingerprint density at radius 3 is 2.64 bits per heavy atom. The molecule has 2 amide bonds. The summed E-state index contributed by atoms with van der Waals surface area (Å²) in [5.41, 5.74) is 1.95. The van der Waals surface area contributed by atoms with E-state index in [2.05, 4.69) is 21.6 Å². The molecule has 2 heterocycles. The van der Waals surface area contributed by atoms with E-state index < -0.39 is 0 Å². The van der Waals surface area contributed by atoms with Gasteiger partial charge in [-0.3, -0.25) is 14.5 Å². The van der Waals surface area contributed by atoms with Crippen molar-refractivity contribution in [1.82, 2.24) is 10.2 Å². The maximum Gasteiger partial charge on any atom is 0.265 e. The Morgan fingerprint density at radius 1 is 1.09 bits per heavy atom. The second kappa shape index (κ2) is 10.8. The minimum atomic E-state index is -0.253. The Hall–Kier alpha value is -2.87. The van der Waals surface area contributed by atoms with Crippen LogP contribution in [0.1, 0.15) is 44.5 Å². The van der Waals surface area contributed by atoms with Crippen LogP contribution in [0.4, 0.5) is 5.69 Å². The summed E-state index contributed by atoms with van der Waals surface area (Å²) in [4.78, 5) is 28.4. The van der Waals surface area contributed by atoms with Crippen LogP contribution in [0.3, 0.4) is 0 Å². The van der Waals surface area contributed by atoms with Gasteiger partial charge in [-0.25, -0.2) is 0 Å². The standard InChI is InChI=1S/C25H26ClN3O3S/c1-32-19-7-4-6-17(14-19)22(29-11-2-3-12-29)16-27-24(30)18-9-10-20(26)21(15-18)28-25(31)23-8-5-13-33-23/h4-10,13-15,22H,2-3,11-12,16H2,1H3,(H,27,30)(H,28,31). The van der Waals surface area contributed by atoms with Crippen LogP contribution in [0, 0.1) is 0 Å². The molecule has 1 saturated heterocycles. The molecule has 0 radical (unpaired) electrons. The minimum absolute atomic E-state index is 0.0526. The number of carbonyl (C=O) groups excluding carboxylic acids is 2. The first kappa shape index (κ1) is 23.3. The van der Waals surface area contributed by atoms with Crippen molar-refractivity contribution in [3.05, 3.63) is 81.0 Å². The molecule has 3 aromatic rings. The molecule has 0 spiro atoms. The molecule has 0 saturated carbocycles. The van der Waals surface area contributed by atoms with E-state index in [0.29, 0.717) is 27.7 Å².